The lowest BCUT2D eigenvalue weighted by atomic mass is 9.94. The SMILES string of the molecule is CCc1ccc(C(=O)N(C[C@@H]2CN(C(=O)OC(C)(C)C)C[C@H]2CN=[N+]=[N-])C(C)C)cc1OCCCOC. The number of hydrogen-bond acceptors (Lipinski definition) is 6. The molecule has 1 aromatic carbocycles. The Kier molecular flexibility index (Phi) is 11.5. The number of carbonyl (C=O) groups excluding carboxylic acids is 2. The van der Waals surface area contributed by atoms with Crippen LogP contribution in [0, 0.1) is 11.8 Å². The third-order valence-electron chi connectivity index (χ3n) is 6.37. The molecule has 0 aliphatic carbocycles. The molecule has 1 saturated heterocycles. The number of carbonyl (C=O) groups is 2. The number of methoxy groups -OCH3 is 1. The lowest BCUT2D eigenvalue weighted by Gasteiger charge is -2.31. The summed E-state index contributed by atoms with van der Waals surface area (Å²) in [5, 5.41) is 3.77. The number of ether oxygens (including phenoxy) is 3. The second kappa shape index (κ2) is 14.1. The van der Waals surface area contributed by atoms with Crippen molar-refractivity contribution in [1.82, 2.24) is 9.80 Å². The van der Waals surface area contributed by atoms with E-state index in [4.69, 9.17) is 19.7 Å². The first kappa shape index (κ1) is 30.3. The molecule has 1 aromatic rings. The van der Waals surface area contributed by atoms with Gasteiger partial charge in [-0.3, -0.25) is 4.79 Å². The summed E-state index contributed by atoms with van der Waals surface area (Å²) < 4.78 is 16.6. The molecule has 2 rings (SSSR count). The van der Waals surface area contributed by atoms with Gasteiger partial charge in [0.2, 0.25) is 0 Å². The van der Waals surface area contributed by atoms with Crippen LogP contribution in [-0.2, 0) is 15.9 Å². The van der Waals surface area contributed by atoms with E-state index in [1.807, 2.05) is 57.7 Å². The molecule has 206 valence electrons. The maximum Gasteiger partial charge on any atom is 0.410 e. The Morgan fingerprint density at radius 3 is 2.51 bits per heavy atom. The van der Waals surface area contributed by atoms with Gasteiger partial charge in [0.05, 0.1) is 6.61 Å². The first-order valence-corrected chi connectivity index (χ1v) is 13.0. The Bertz CT molecular complexity index is 955. The Labute approximate surface area is 220 Å². The molecule has 1 aliphatic heterocycles. The number of rotatable bonds is 12. The van der Waals surface area contributed by atoms with E-state index in [1.165, 1.54) is 0 Å². The van der Waals surface area contributed by atoms with E-state index in [-0.39, 0.29) is 30.3 Å². The second-order valence-electron chi connectivity index (χ2n) is 10.7. The van der Waals surface area contributed by atoms with Crippen LogP contribution in [0.2, 0.25) is 0 Å². The molecule has 1 aliphatic rings. The Hall–Kier alpha value is -2.97. The van der Waals surface area contributed by atoms with Gasteiger partial charge < -0.3 is 24.0 Å². The minimum atomic E-state index is -0.608. The summed E-state index contributed by atoms with van der Waals surface area (Å²) in [5.74, 6) is 0.493. The van der Waals surface area contributed by atoms with Gasteiger partial charge in [-0.15, -0.1) is 0 Å². The largest absolute Gasteiger partial charge is 0.493 e. The van der Waals surface area contributed by atoms with Gasteiger partial charge in [-0.25, -0.2) is 4.79 Å². The van der Waals surface area contributed by atoms with Crippen LogP contribution in [0.3, 0.4) is 0 Å². The Balaban J connectivity index is 2.23. The highest BCUT2D eigenvalue weighted by Crippen LogP contribution is 2.29. The lowest BCUT2D eigenvalue weighted by Crippen LogP contribution is -2.42. The van der Waals surface area contributed by atoms with Crippen LogP contribution < -0.4 is 4.74 Å². The summed E-state index contributed by atoms with van der Waals surface area (Å²) in [6, 6.07) is 5.54. The summed E-state index contributed by atoms with van der Waals surface area (Å²) >= 11 is 0. The van der Waals surface area contributed by atoms with Crippen molar-refractivity contribution in [2.75, 3.05) is 46.5 Å². The molecule has 1 fully saturated rings. The number of azide groups is 1. The first-order chi connectivity index (χ1) is 17.5. The van der Waals surface area contributed by atoms with Crippen LogP contribution in [0.5, 0.6) is 5.75 Å². The number of aryl methyl sites for hydroxylation is 1. The minimum absolute atomic E-state index is 0.0518. The van der Waals surface area contributed by atoms with Gasteiger partial charge in [0.15, 0.2) is 0 Å². The van der Waals surface area contributed by atoms with Gasteiger partial charge in [0, 0.05) is 62.8 Å². The van der Waals surface area contributed by atoms with Crippen LogP contribution in [0.25, 0.3) is 10.4 Å². The smallest absolute Gasteiger partial charge is 0.410 e. The van der Waals surface area contributed by atoms with E-state index >= 15 is 0 Å². The normalized spacial score (nSPS) is 17.5. The van der Waals surface area contributed by atoms with Crippen LogP contribution in [0.1, 0.15) is 63.9 Å². The van der Waals surface area contributed by atoms with Crippen molar-refractivity contribution in [2.24, 2.45) is 17.0 Å². The number of benzene rings is 1. The number of likely N-dealkylation sites (tertiary alicyclic amines) is 1. The van der Waals surface area contributed by atoms with E-state index < -0.39 is 11.7 Å². The molecule has 10 heteroatoms. The molecular formula is C27H43N5O5. The predicted octanol–water partition coefficient (Wildman–Crippen LogP) is 5.31. The molecular weight excluding hydrogens is 474 g/mol. The van der Waals surface area contributed by atoms with E-state index in [2.05, 4.69) is 16.9 Å². The van der Waals surface area contributed by atoms with Crippen LogP contribution in [0.15, 0.2) is 23.3 Å². The van der Waals surface area contributed by atoms with Crippen molar-refractivity contribution in [3.05, 3.63) is 39.8 Å². The summed E-state index contributed by atoms with van der Waals surface area (Å²) in [6.07, 6.45) is 1.16. The van der Waals surface area contributed by atoms with Crippen molar-refractivity contribution in [1.29, 1.82) is 0 Å². The fourth-order valence-corrected chi connectivity index (χ4v) is 4.42. The van der Waals surface area contributed by atoms with Crippen molar-refractivity contribution >= 4 is 12.0 Å². The highest BCUT2D eigenvalue weighted by Gasteiger charge is 2.38. The fourth-order valence-electron chi connectivity index (χ4n) is 4.42. The van der Waals surface area contributed by atoms with Gasteiger partial charge in [-0.1, -0.05) is 18.1 Å². The van der Waals surface area contributed by atoms with Crippen LogP contribution >= 0.6 is 0 Å². The zero-order valence-electron chi connectivity index (χ0n) is 23.4. The first-order valence-electron chi connectivity index (χ1n) is 13.0. The molecule has 0 saturated carbocycles. The zero-order valence-corrected chi connectivity index (χ0v) is 23.4. The monoisotopic (exact) mass is 517 g/mol. The zero-order chi connectivity index (χ0) is 27.6. The standard InChI is InChI=1S/C27H43N5O5/c1-8-20-10-11-21(14-24(20)36-13-9-12-35-7)25(33)32(19(2)3)18-23-17-31(16-22(23)15-29-30-28)26(34)37-27(4,5)6/h10-11,14,19,22-23H,8-9,12-13,15-18H2,1-7H3/t22-,23+/m1/s1. The topological polar surface area (TPSA) is 117 Å². The van der Waals surface area contributed by atoms with Gasteiger partial charge in [-0.05, 0) is 76.1 Å². The molecule has 0 aromatic heterocycles. The quantitative estimate of drug-likeness (QED) is 0.161. The van der Waals surface area contributed by atoms with Gasteiger partial charge in [0.25, 0.3) is 5.91 Å². The van der Waals surface area contributed by atoms with Crippen molar-refractivity contribution in [3.8, 4) is 5.75 Å². The number of hydrogen-bond donors (Lipinski definition) is 0. The number of nitrogens with zero attached hydrogens (tertiary/aromatic N) is 5. The van der Waals surface area contributed by atoms with Gasteiger partial charge >= 0.3 is 6.09 Å². The van der Waals surface area contributed by atoms with Gasteiger partial charge in [-0.2, -0.15) is 0 Å². The Morgan fingerprint density at radius 2 is 1.92 bits per heavy atom. The van der Waals surface area contributed by atoms with Crippen molar-refractivity contribution in [3.63, 3.8) is 0 Å². The molecule has 0 spiro atoms. The molecule has 10 nitrogen and oxygen atoms in total. The third kappa shape index (κ3) is 9.13. The molecule has 0 radical (unpaired) electrons. The summed E-state index contributed by atoms with van der Waals surface area (Å²) in [6.45, 7) is 14.1. The second-order valence-corrected chi connectivity index (χ2v) is 10.7. The van der Waals surface area contributed by atoms with Gasteiger partial charge in [0.1, 0.15) is 11.4 Å². The maximum atomic E-state index is 13.7. The maximum absolute atomic E-state index is 13.7. The van der Waals surface area contributed by atoms with Crippen LogP contribution in [-0.4, -0.2) is 79.9 Å². The number of amides is 2. The van der Waals surface area contributed by atoms with E-state index in [0.717, 1.165) is 18.4 Å². The van der Waals surface area contributed by atoms with E-state index in [9.17, 15) is 9.59 Å². The molecule has 37 heavy (non-hydrogen) atoms. The fraction of sp³-hybridized carbons (Fsp3) is 0.704. The summed E-state index contributed by atoms with van der Waals surface area (Å²) in [4.78, 5) is 32.8. The minimum Gasteiger partial charge on any atom is -0.493 e. The third-order valence-corrected chi connectivity index (χ3v) is 6.37. The molecule has 0 unspecified atom stereocenters. The average Bonchev–Trinajstić information content (AvgIpc) is 3.25. The lowest BCUT2D eigenvalue weighted by molar-refractivity contribution is 0.0282. The highest BCUT2D eigenvalue weighted by molar-refractivity contribution is 5.95. The highest BCUT2D eigenvalue weighted by atomic mass is 16.6. The molecule has 0 N–H and O–H groups in total. The molecule has 1 heterocycles. The summed E-state index contributed by atoms with van der Waals surface area (Å²) in [7, 11) is 1.66. The molecule has 2 atom stereocenters. The van der Waals surface area contributed by atoms with E-state index in [1.54, 1.807) is 12.0 Å². The summed E-state index contributed by atoms with van der Waals surface area (Å²) in [5.41, 5.74) is 9.87. The predicted molar refractivity (Wildman–Crippen MR) is 143 cm³/mol. The average molecular weight is 518 g/mol. The van der Waals surface area contributed by atoms with Crippen LogP contribution in [0.4, 0.5) is 4.79 Å². The van der Waals surface area contributed by atoms with E-state index in [0.29, 0.717) is 44.2 Å². The van der Waals surface area contributed by atoms with Crippen molar-refractivity contribution in [2.45, 2.75) is 66.0 Å². The molecule has 0 bridgehead atoms. The molecule has 2 amide bonds. The van der Waals surface area contributed by atoms with Crippen molar-refractivity contribution < 1.29 is 23.8 Å². The Morgan fingerprint density at radius 1 is 1.22 bits per heavy atom.